The Morgan fingerprint density at radius 3 is 2.68 bits per heavy atom. The molecule has 1 heterocycles. The van der Waals surface area contributed by atoms with E-state index in [-0.39, 0.29) is 17.2 Å². The molecule has 2 aromatic carbocycles. The number of para-hydroxylation sites is 2. The van der Waals surface area contributed by atoms with E-state index < -0.39 is 10.8 Å². The number of anilines is 1. The van der Waals surface area contributed by atoms with E-state index in [0.717, 1.165) is 6.08 Å². The average molecular weight is 379 g/mol. The highest BCUT2D eigenvalue weighted by molar-refractivity contribution is 5.93. The van der Waals surface area contributed by atoms with Crippen molar-refractivity contribution in [3.8, 4) is 0 Å². The topological polar surface area (TPSA) is 119 Å². The van der Waals surface area contributed by atoms with Crippen LogP contribution in [-0.4, -0.2) is 20.4 Å². The molecule has 9 nitrogen and oxygen atoms in total. The first-order chi connectivity index (χ1) is 13.5. The molecule has 0 radical (unpaired) electrons. The molecule has 0 aliphatic carbocycles. The SMILES string of the molecule is CCn1c(NNC(=O)/C=C/c2ccccc2[N+](=O)[O-])nc2ccccc2c1=O. The predicted molar refractivity (Wildman–Crippen MR) is 106 cm³/mol. The summed E-state index contributed by atoms with van der Waals surface area (Å²) >= 11 is 0. The summed E-state index contributed by atoms with van der Waals surface area (Å²) in [6.45, 7) is 2.15. The fourth-order valence-electron chi connectivity index (χ4n) is 2.68. The van der Waals surface area contributed by atoms with Gasteiger partial charge in [0.25, 0.3) is 17.2 Å². The second-order valence-corrected chi connectivity index (χ2v) is 5.77. The number of benzene rings is 2. The van der Waals surface area contributed by atoms with Gasteiger partial charge in [-0.3, -0.25) is 35.1 Å². The summed E-state index contributed by atoms with van der Waals surface area (Å²) in [5.74, 6) is -0.359. The Morgan fingerprint density at radius 2 is 1.93 bits per heavy atom. The van der Waals surface area contributed by atoms with Gasteiger partial charge in [-0.1, -0.05) is 24.3 Å². The molecule has 0 bridgehead atoms. The standard InChI is InChI=1S/C19H17N5O4/c1-2-23-18(26)14-8-4-5-9-15(14)20-19(23)22-21-17(25)12-11-13-7-3-6-10-16(13)24(27)28/h3-12H,2H2,1H3,(H,20,22)(H,21,25)/b12-11+. The number of hydrogen-bond acceptors (Lipinski definition) is 6. The van der Waals surface area contributed by atoms with Crippen LogP contribution in [0.5, 0.6) is 0 Å². The Bertz CT molecular complexity index is 1140. The monoisotopic (exact) mass is 379 g/mol. The van der Waals surface area contributed by atoms with Crippen LogP contribution < -0.4 is 16.4 Å². The third kappa shape index (κ3) is 3.88. The number of nitrogens with zero attached hydrogens (tertiary/aromatic N) is 3. The molecule has 0 fully saturated rings. The minimum Gasteiger partial charge on any atom is -0.277 e. The van der Waals surface area contributed by atoms with Crippen molar-refractivity contribution in [2.75, 3.05) is 5.43 Å². The third-order valence-corrected chi connectivity index (χ3v) is 4.02. The lowest BCUT2D eigenvalue weighted by Gasteiger charge is -2.13. The van der Waals surface area contributed by atoms with Crippen LogP contribution in [0.3, 0.4) is 0 Å². The Morgan fingerprint density at radius 1 is 1.21 bits per heavy atom. The highest BCUT2D eigenvalue weighted by Gasteiger charge is 2.11. The lowest BCUT2D eigenvalue weighted by Crippen LogP contribution is -2.33. The van der Waals surface area contributed by atoms with Gasteiger partial charge in [0, 0.05) is 18.7 Å². The number of hydrogen-bond donors (Lipinski definition) is 2. The minimum absolute atomic E-state index is 0.101. The summed E-state index contributed by atoms with van der Waals surface area (Å²) in [4.78, 5) is 39.4. The number of amides is 1. The van der Waals surface area contributed by atoms with E-state index in [1.54, 1.807) is 43.3 Å². The molecule has 9 heteroatoms. The lowest BCUT2D eigenvalue weighted by molar-refractivity contribution is -0.385. The normalized spacial score (nSPS) is 10.9. The number of nitrogens with one attached hydrogen (secondary N) is 2. The molecule has 1 aromatic heterocycles. The minimum atomic E-state index is -0.553. The van der Waals surface area contributed by atoms with Gasteiger partial charge in [0.1, 0.15) is 0 Å². The van der Waals surface area contributed by atoms with E-state index in [2.05, 4.69) is 15.8 Å². The van der Waals surface area contributed by atoms with Crippen molar-refractivity contribution >= 4 is 34.5 Å². The first kappa shape index (κ1) is 18.8. The van der Waals surface area contributed by atoms with Crippen LogP contribution >= 0.6 is 0 Å². The molecule has 3 aromatic rings. The Labute approximate surface area is 159 Å². The van der Waals surface area contributed by atoms with Gasteiger partial charge < -0.3 is 0 Å². The summed E-state index contributed by atoms with van der Waals surface area (Å²) in [6, 6.07) is 13.0. The van der Waals surface area contributed by atoms with Crippen LogP contribution in [0.25, 0.3) is 17.0 Å². The summed E-state index contributed by atoms with van der Waals surface area (Å²) < 4.78 is 1.40. The van der Waals surface area contributed by atoms with Crippen LogP contribution in [0.1, 0.15) is 12.5 Å². The van der Waals surface area contributed by atoms with Crippen molar-refractivity contribution in [1.29, 1.82) is 0 Å². The first-order valence-electron chi connectivity index (χ1n) is 8.48. The zero-order chi connectivity index (χ0) is 20.1. The van der Waals surface area contributed by atoms with E-state index in [1.807, 2.05) is 0 Å². The van der Waals surface area contributed by atoms with Crippen molar-refractivity contribution in [3.05, 3.63) is 80.6 Å². The summed E-state index contributed by atoms with van der Waals surface area (Å²) in [6.07, 6.45) is 2.50. The van der Waals surface area contributed by atoms with Crippen molar-refractivity contribution in [2.45, 2.75) is 13.5 Å². The van der Waals surface area contributed by atoms with Crippen molar-refractivity contribution in [1.82, 2.24) is 15.0 Å². The number of nitro benzene ring substituents is 1. The number of carbonyl (C=O) groups is 1. The van der Waals surface area contributed by atoms with Gasteiger partial charge in [-0.2, -0.15) is 0 Å². The molecule has 28 heavy (non-hydrogen) atoms. The van der Waals surface area contributed by atoms with Gasteiger partial charge in [0.05, 0.1) is 21.4 Å². The molecule has 0 aliphatic rings. The van der Waals surface area contributed by atoms with Gasteiger partial charge in [-0.15, -0.1) is 0 Å². The van der Waals surface area contributed by atoms with E-state index in [1.165, 1.54) is 22.8 Å². The molecule has 0 unspecified atom stereocenters. The second-order valence-electron chi connectivity index (χ2n) is 5.77. The number of aromatic nitrogens is 2. The van der Waals surface area contributed by atoms with Crippen molar-refractivity contribution < 1.29 is 9.72 Å². The maximum absolute atomic E-state index is 12.5. The van der Waals surface area contributed by atoms with Gasteiger partial charge in [-0.25, -0.2) is 4.98 Å². The molecule has 0 aliphatic heterocycles. The molecule has 2 N–H and O–H groups in total. The molecular weight excluding hydrogens is 362 g/mol. The Hall–Kier alpha value is -4.01. The summed E-state index contributed by atoms with van der Waals surface area (Å²) in [5, 5.41) is 11.5. The molecular formula is C19H17N5O4. The van der Waals surface area contributed by atoms with Crippen LogP contribution in [0.2, 0.25) is 0 Å². The quantitative estimate of drug-likeness (QED) is 0.386. The lowest BCUT2D eigenvalue weighted by atomic mass is 10.1. The maximum Gasteiger partial charge on any atom is 0.276 e. The zero-order valence-corrected chi connectivity index (χ0v) is 15.0. The zero-order valence-electron chi connectivity index (χ0n) is 15.0. The predicted octanol–water partition coefficient (Wildman–Crippen LogP) is 2.48. The number of carbonyl (C=O) groups excluding carboxylic acids is 1. The third-order valence-electron chi connectivity index (χ3n) is 4.02. The van der Waals surface area contributed by atoms with E-state index in [0.29, 0.717) is 23.0 Å². The molecule has 0 atom stereocenters. The van der Waals surface area contributed by atoms with Gasteiger partial charge in [0.15, 0.2) is 0 Å². The maximum atomic E-state index is 12.5. The number of rotatable bonds is 6. The molecule has 3 rings (SSSR count). The Balaban J connectivity index is 1.78. The molecule has 0 saturated carbocycles. The summed E-state index contributed by atoms with van der Waals surface area (Å²) in [7, 11) is 0. The highest BCUT2D eigenvalue weighted by atomic mass is 16.6. The second kappa shape index (κ2) is 8.12. The van der Waals surface area contributed by atoms with Gasteiger partial charge >= 0.3 is 0 Å². The van der Waals surface area contributed by atoms with Crippen LogP contribution in [0, 0.1) is 10.1 Å². The molecule has 0 saturated heterocycles. The molecule has 0 spiro atoms. The fraction of sp³-hybridized carbons (Fsp3) is 0.105. The fourth-order valence-corrected chi connectivity index (χ4v) is 2.68. The van der Waals surface area contributed by atoms with Crippen molar-refractivity contribution in [2.24, 2.45) is 0 Å². The largest absolute Gasteiger partial charge is 0.277 e. The summed E-state index contributed by atoms with van der Waals surface area (Å²) in [5.41, 5.74) is 5.54. The smallest absolute Gasteiger partial charge is 0.276 e. The van der Waals surface area contributed by atoms with E-state index >= 15 is 0 Å². The van der Waals surface area contributed by atoms with Gasteiger partial charge in [-0.05, 0) is 31.2 Å². The number of nitro groups is 1. The van der Waals surface area contributed by atoms with Gasteiger partial charge in [0.2, 0.25) is 5.95 Å². The number of fused-ring (bicyclic) bond motifs is 1. The highest BCUT2D eigenvalue weighted by Crippen LogP contribution is 2.18. The first-order valence-corrected chi connectivity index (χ1v) is 8.48. The van der Waals surface area contributed by atoms with Crippen LogP contribution in [0.4, 0.5) is 11.6 Å². The molecule has 142 valence electrons. The molecule has 1 amide bonds. The van der Waals surface area contributed by atoms with E-state index in [4.69, 9.17) is 0 Å². The van der Waals surface area contributed by atoms with Crippen LogP contribution in [-0.2, 0) is 11.3 Å². The Kier molecular flexibility index (Phi) is 5.45. The van der Waals surface area contributed by atoms with Crippen molar-refractivity contribution in [3.63, 3.8) is 0 Å². The van der Waals surface area contributed by atoms with Crippen LogP contribution in [0.15, 0.2) is 59.4 Å². The average Bonchev–Trinajstić information content (AvgIpc) is 2.71. The number of hydrazine groups is 1. The van der Waals surface area contributed by atoms with E-state index in [9.17, 15) is 19.7 Å².